The van der Waals surface area contributed by atoms with Gasteiger partial charge in [-0.25, -0.2) is 12.8 Å². The maximum absolute atomic E-state index is 13.8. The van der Waals surface area contributed by atoms with E-state index in [9.17, 15) is 22.7 Å². The van der Waals surface area contributed by atoms with Crippen molar-refractivity contribution in [3.63, 3.8) is 0 Å². The first-order chi connectivity index (χ1) is 15.7. The molecule has 1 amide bonds. The van der Waals surface area contributed by atoms with Crippen molar-refractivity contribution in [2.24, 2.45) is 0 Å². The van der Waals surface area contributed by atoms with Gasteiger partial charge in [0.05, 0.1) is 10.5 Å². The highest BCUT2D eigenvalue weighted by Gasteiger charge is 2.38. The molecule has 0 aromatic heterocycles. The molecule has 0 bridgehead atoms. The topological polar surface area (TPSA) is 86.7 Å². The molecule has 1 aliphatic rings. The van der Waals surface area contributed by atoms with Crippen molar-refractivity contribution in [3.05, 3.63) is 95.3 Å². The van der Waals surface area contributed by atoms with Crippen LogP contribution in [0.1, 0.15) is 34.3 Å². The van der Waals surface area contributed by atoms with Gasteiger partial charge >= 0.3 is 0 Å². The Morgan fingerprint density at radius 2 is 1.70 bits per heavy atom. The molecule has 4 rings (SSSR count). The lowest BCUT2D eigenvalue weighted by Crippen LogP contribution is -2.45. The number of amides is 1. The Kier molecular flexibility index (Phi) is 6.34. The van der Waals surface area contributed by atoms with Crippen LogP contribution in [0, 0.1) is 12.7 Å². The zero-order chi connectivity index (χ0) is 23.6. The fourth-order valence-electron chi connectivity index (χ4n) is 3.95. The molecule has 3 aromatic carbocycles. The SMILES string of the molecule is Cc1ccc(NC(=O)c2cccc(S(=O)(=O)N3CCC(O)(c4ccccc4)CC3)c2)cc1F. The molecule has 8 heteroatoms. The fourth-order valence-corrected chi connectivity index (χ4v) is 5.44. The number of hydrogen-bond acceptors (Lipinski definition) is 4. The third-order valence-corrected chi connectivity index (χ3v) is 7.92. The van der Waals surface area contributed by atoms with E-state index < -0.39 is 27.3 Å². The summed E-state index contributed by atoms with van der Waals surface area (Å²) in [6.07, 6.45) is 0.546. The average Bonchev–Trinajstić information content (AvgIpc) is 2.82. The monoisotopic (exact) mass is 468 g/mol. The molecule has 0 aliphatic carbocycles. The van der Waals surface area contributed by atoms with Crippen LogP contribution >= 0.6 is 0 Å². The second kappa shape index (κ2) is 9.05. The number of halogens is 1. The van der Waals surface area contributed by atoms with E-state index in [2.05, 4.69) is 5.32 Å². The van der Waals surface area contributed by atoms with Gasteiger partial charge in [-0.3, -0.25) is 4.79 Å². The summed E-state index contributed by atoms with van der Waals surface area (Å²) in [5, 5.41) is 13.6. The van der Waals surface area contributed by atoms with Crippen LogP contribution in [-0.4, -0.2) is 36.8 Å². The molecule has 3 aromatic rings. The number of carbonyl (C=O) groups excluding carboxylic acids is 1. The normalized spacial score (nSPS) is 16.3. The van der Waals surface area contributed by atoms with Crippen LogP contribution in [0.2, 0.25) is 0 Å². The number of piperidine rings is 1. The van der Waals surface area contributed by atoms with Crippen LogP contribution in [0.25, 0.3) is 0 Å². The van der Waals surface area contributed by atoms with E-state index in [4.69, 9.17) is 0 Å². The van der Waals surface area contributed by atoms with Crippen LogP contribution in [0.15, 0.2) is 77.7 Å². The van der Waals surface area contributed by atoms with Crippen LogP contribution in [0.5, 0.6) is 0 Å². The van der Waals surface area contributed by atoms with Gasteiger partial charge in [-0.15, -0.1) is 0 Å². The summed E-state index contributed by atoms with van der Waals surface area (Å²) in [7, 11) is -3.85. The summed E-state index contributed by atoms with van der Waals surface area (Å²) >= 11 is 0. The predicted molar refractivity (Wildman–Crippen MR) is 124 cm³/mol. The number of aliphatic hydroxyl groups is 1. The Balaban J connectivity index is 1.49. The first-order valence-electron chi connectivity index (χ1n) is 10.6. The maximum Gasteiger partial charge on any atom is 0.255 e. The number of anilines is 1. The molecule has 1 heterocycles. The van der Waals surface area contributed by atoms with Crippen LogP contribution in [-0.2, 0) is 15.6 Å². The highest BCUT2D eigenvalue weighted by atomic mass is 32.2. The van der Waals surface area contributed by atoms with Gasteiger partial charge in [-0.2, -0.15) is 4.31 Å². The third kappa shape index (κ3) is 4.83. The summed E-state index contributed by atoms with van der Waals surface area (Å²) in [4.78, 5) is 12.6. The van der Waals surface area contributed by atoms with Gasteiger partial charge in [-0.05, 0) is 61.2 Å². The Bertz CT molecular complexity index is 1270. The number of hydrogen-bond donors (Lipinski definition) is 2. The van der Waals surface area contributed by atoms with Crippen molar-refractivity contribution < 1.29 is 22.7 Å². The van der Waals surface area contributed by atoms with Crippen molar-refractivity contribution in [1.82, 2.24) is 4.31 Å². The number of nitrogens with zero attached hydrogens (tertiary/aromatic N) is 1. The van der Waals surface area contributed by atoms with E-state index in [0.717, 1.165) is 5.56 Å². The van der Waals surface area contributed by atoms with Crippen molar-refractivity contribution in [1.29, 1.82) is 0 Å². The zero-order valence-electron chi connectivity index (χ0n) is 18.2. The number of carbonyl (C=O) groups is 1. The summed E-state index contributed by atoms with van der Waals surface area (Å²) < 4.78 is 41.5. The standard InChI is InChI=1S/C25H25FN2O4S/c1-18-10-11-21(17-23(18)26)27-24(29)19-6-5-9-22(16-19)33(31,32)28-14-12-25(30,13-15-28)20-7-3-2-4-8-20/h2-11,16-17,30H,12-15H2,1H3,(H,27,29). The van der Waals surface area contributed by atoms with Crippen molar-refractivity contribution in [2.75, 3.05) is 18.4 Å². The Morgan fingerprint density at radius 1 is 1.00 bits per heavy atom. The Morgan fingerprint density at radius 3 is 2.36 bits per heavy atom. The molecule has 1 saturated heterocycles. The first-order valence-corrected chi connectivity index (χ1v) is 12.1. The van der Waals surface area contributed by atoms with Crippen LogP contribution in [0.4, 0.5) is 10.1 Å². The summed E-state index contributed by atoms with van der Waals surface area (Å²) in [6, 6.07) is 19.3. The molecule has 0 radical (unpaired) electrons. The van der Waals surface area contributed by atoms with E-state index in [1.165, 1.54) is 34.6 Å². The summed E-state index contributed by atoms with van der Waals surface area (Å²) in [5.41, 5.74) is 0.593. The lowest BCUT2D eigenvalue weighted by Gasteiger charge is -2.37. The van der Waals surface area contributed by atoms with E-state index in [0.29, 0.717) is 5.56 Å². The maximum atomic E-state index is 13.8. The first kappa shape index (κ1) is 23.1. The average molecular weight is 469 g/mol. The van der Waals surface area contributed by atoms with Gasteiger partial charge in [0.1, 0.15) is 5.82 Å². The minimum atomic E-state index is -3.85. The Hall–Kier alpha value is -3.07. The number of nitrogens with one attached hydrogen (secondary N) is 1. The van der Waals surface area contributed by atoms with Crippen molar-refractivity contribution in [2.45, 2.75) is 30.3 Å². The second-order valence-electron chi connectivity index (χ2n) is 8.25. The lowest BCUT2D eigenvalue weighted by atomic mass is 9.85. The summed E-state index contributed by atoms with van der Waals surface area (Å²) in [5.74, 6) is -0.975. The molecule has 1 aliphatic heterocycles. The van der Waals surface area contributed by atoms with Crippen molar-refractivity contribution >= 4 is 21.6 Å². The molecule has 6 nitrogen and oxygen atoms in total. The van der Waals surface area contributed by atoms with Crippen LogP contribution < -0.4 is 5.32 Å². The van der Waals surface area contributed by atoms with E-state index in [1.807, 2.05) is 30.3 Å². The Labute approximate surface area is 192 Å². The van der Waals surface area contributed by atoms with Gasteiger partial charge in [-0.1, -0.05) is 42.5 Å². The third-order valence-electron chi connectivity index (χ3n) is 6.02. The molecule has 1 fully saturated rings. The van der Waals surface area contributed by atoms with Gasteiger partial charge in [0.25, 0.3) is 5.91 Å². The highest BCUT2D eigenvalue weighted by molar-refractivity contribution is 7.89. The largest absolute Gasteiger partial charge is 0.385 e. The molecule has 0 unspecified atom stereocenters. The lowest BCUT2D eigenvalue weighted by molar-refractivity contribution is -0.00961. The molecular weight excluding hydrogens is 443 g/mol. The second-order valence-corrected chi connectivity index (χ2v) is 10.2. The van der Waals surface area contributed by atoms with E-state index in [-0.39, 0.29) is 42.1 Å². The quantitative estimate of drug-likeness (QED) is 0.591. The molecule has 0 spiro atoms. The predicted octanol–water partition coefficient (Wildman–Crippen LogP) is 4.06. The molecule has 0 saturated carbocycles. The molecule has 2 N–H and O–H groups in total. The number of sulfonamides is 1. The van der Waals surface area contributed by atoms with Gasteiger partial charge in [0, 0.05) is 24.3 Å². The fraction of sp³-hybridized carbons (Fsp3) is 0.240. The smallest absolute Gasteiger partial charge is 0.255 e. The van der Waals surface area contributed by atoms with Crippen LogP contribution in [0.3, 0.4) is 0 Å². The zero-order valence-corrected chi connectivity index (χ0v) is 19.0. The number of benzene rings is 3. The summed E-state index contributed by atoms with van der Waals surface area (Å²) in [6.45, 7) is 1.94. The van der Waals surface area contributed by atoms with E-state index >= 15 is 0 Å². The minimum Gasteiger partial charge on any atom is -0.385 e. The van der Waals surface area contributed by atoms with Gasteiger partial charge in [0.15, 0.2) is 0 Å². The van der Waals surface area contributed by atoms with E-state index in [1.54, 1.807) is 19.1 Å². The molecule has 0 atom stereocenters. The van der Waals surface area contributed by atoms with Gasteiger partial charge < -0.3 is 10.4 Å². The molecule has 33 heavy (non-hydrogen) atoms. The number of aryl methyl sites for hydroxylation is 1. The highest BCUT2D eigenvalue weighted by Crippen LogP contribution is 2.34. The molecular formula is C25H25FN2O4S. The minimum absolute atomic E-state index is 0.00427. The molecule has 172 valence electrons. The van der Waals surface area contributed by atoms with Crippen molar-refractivity contribution in [3.8, 4) is 0 Å². The number of rotatable bonds is 5. The van der Waals surface area contributed by atoms with Gasteiger partial charge in [0.2, 0.25) is 10.0 Å².